The normalized spacial score (nSPS) is 22.1. The van der Waals surface area contributed by atoms with Crippen molar-refractivity contribution in [1.29, 1.82) is 0 Å². The van der Waals surface area contributed by atoms with E-state index in [1.165, 1.54) is 6.07 Å². The van der Waals surface area contributed by atoms with Crippen LogP contribution in [0.3, 0.4) is 0 Å². The van der Waals surface area contributed by atoms with Gasteiger partial charge in [0.15, 0.2) is 0 Å². The molecule has 220 valence electrons. The zero-order valence-corrected chi connectivity index (χ0v) is 23.0. The molecule has 1 amide bonds. The molecule has 3 aliphatic rings. The van der Waals surface area contributed by atoms with Crippen LogP contribution in [0.25, 0.3) is 22.3 Å². The van der Waals surface area contributed by atoms with Gasteiger partial charge in [-0.2, -0.15) is 18.3 Å². The third kappa shape index (κ3) is 5.24. The first-order chi connectivity index (χ1) is 20.3. The fourth-order valence-corrected chi connectivity index (χ4v) is 6.27. The van der Waals surface area contributed by atoms with Gasteiger partial charge in [0, 0.05) is 62.1 Å². The maximum Gasteiger partial charge on any atom is 0.451 e. The summed E-state index contributed by atoms with van der Waals surface area (Å²) < 4.78 is 42.7. The Morgan fingerprint density at radius 1 is 1.00 bits per heavy atom. The van der Waals surface area contributed by atoms with Crippen LogP contribution >= 0.6 is 0 Å². The highest BCUT2D eigenvalue weighted by molar-refractivity contribution is 5.92. The van der Waals surface area contributed by atoms with Crippen molar-refractivity contribution >= 4 is 16.9 Å². The Hall–Kier alpha value is -3.91. The largest absolute Gasteiger partial charge is 0.451 e. The van der Waals surface area contributed by atoms with Crippen LogP contribution in [-0.4, -0.2) is 101 Å². The molecule has 14 heteroatoms. The molecule has 7 rings (SSSR count). The third-order valence-electron chi connectivity index (χ3n) is 8.65. The van der Waals surface area contributed by atoms with Gasteiger partial charge in [0.05, 0.1) is 23.6 Å². The number of amides is 1. The quantitative estimate of drug-likeness (QED) is 0.370. The summed E-state index contributed by atoms with van der Waals surface area (Å²) in [5.74, 6) is -1.72. The van der Waals surface area contributed by atoms with Crippen molar-refractivity contribution in [2.24, 2.45) is 0 Å². The van der Waals surface area contributed by atoms with Crippen molar-refractivity contribution in [1.82, 2.24) is 49.4 Å². The van der Waals surface area contributed by atoms with E-state index in [1.54, 1.807) is 11.2 Å². The van der Waals surface area contributed by atoms with Crippen LogP contribution in [-0.2, 0) is 12.7 Å². The molecule has 0 spiro atoms. The number of piperazine rings is 1. The molecule has 0 radical (unpaired) electrons. The van der Waals surface area contributed by atoms with E-state index in [4.69, 9.17) is 0 Å². The number of alkyl halides is 3. The minimum absolute atomic E-state index is 0.182. The number of carbonyl (C=O) groups excluding carboxylic acids is 1. The smallest absolute Gasteiger partial charge is 0.346 e. The maximum atomic E-state index is 13.6. The van der Waals surface area contributed by atoms with Crippen LogP contribution in [0.15, 0.2) is 37.1 Å². The first kappa shape index (κ1) is 27.0. The van der Waals surface area contributed by atoms with Gasteiger partial charge in [-0.25, -0.2) is 19.9 Å². The Labute approximate surface area is 239 Å². The van der Waals surface area contributed by atoms with Gasteiger partial charge in [-0.05, 0) is 50.9 Å². The Bertz CT molecular complexity index is 1580. The molecule has 2 saturated heterocycles. The standard InChI is InChI=1S/C28H31F3N10O/c29-28(30,31)27-36-19(16-38-5-1-2-6-38)11-23(37-27)26(42)40-9-7-39(8-10-40)20-12-21(13-20)41-15-18(14-35-41)24-22-3-4-32-25(22)34-17-33-24/h3-4,11,14-15,17,20-21H,1-2,5-10,12-13,16H2,(H,32,33,34). The molecule has 1 aliphatic carbocycles. The molecule has 3 fully saturated rings. The monoisotopic (exact) mass is 580 g/mol. The second-order valence-corrected chi connectivity index (χ2v) is 11.3. The van der Waals surface area contributed by atoms with E-state index in [0.29, 0.717) is 32.2 Å². The lowest BCUT2D eigenvalue weighted by Gasteiger charge is -2.46. The number of hydrogen-bond donors (Lipinski definition) is 1. The number of H-pyrrole nitrogens is 1. The minimum atomic E-state index is -4.71. The fraction of sp³-hybridized carbons (Fsp3) is 0.500. The van der Waals surface area contributed by atoms with E-state index in [9.17, 15) is 18.0 Å². The Kier molecular flexibility index (Phi) is 6.89. The SMILES string of the molecule is O=C(c1cc(CN2CCCC2)nc(C(F)(F)F)n1)N1CCN(C2CC(n3cc(-c4ncnc5[nH]ccc45)cn3)C2)CC1. The number of aromatic amines is 1. The molecule has 0 unspecified atom stereocenters. The van der Waals surface area contributed by atoms with Crippen LogP contribution in [0.4, 0.5) is 13.2 Å². The molecule has 11 nitrogen and oxygen atoms in total. The Balaban J connectivity index is 0.959. The number of hydrogen-bond acceptors (Lipinski definition) is 8. The summed E-state index contributed by atoms with van der Waals surface area (Å²) in [6, 6.07) is 4.04. The number of nitrogens with one attached hydrogen (secondary N) is 1. The van der Waals surface area contributed by atoms with Crippen LogP contribution in [0.1, 0.15) is 53.7 Å². The minimum Gasteiger partial charge on any atom is -0.346 e. The summed E-state index contributed by atoms with van der Waals surface area (Å²) >= 11 is 0. The average molecular weight is 581 g/mol. The fourth-order valence-electron chi connectivity index (χ4n) is 6.27. The predicted molar refractivity (Wildman–Crippen MR) is 146 cm³/mol. The summed E-state index contributed by atoms with van der Waals surface area (Å²) in [7, 11) is 0. The number of likely N-dealkylation sites (tertiary alicyclic amines) is 1. The zero-order valence-electron chi connectivity index (χ0n) is 23.0. The second kappa shape index (κ2) is 10.7. The Morgan fingerprint density at radius 3 is 2.55 bits per heavy atom. The number of carbonyl (C=O) groups is 1. The third-order valence-corrected chi connectivity index (χ3v) is 8.65. The molecular formula is C28H31F3N10O. The maximum absolute atomic E-state index is 13.6. The number of fused-ring (bicyclic) bond motifs is 1. The van der Waals surface area contributed by atoms with E-state index in [1.807, 2.05) is 29.3 Å². The van der Waals surface area contributed by atoms with Gasteiger partial charge in [-0.1, -0.05) is 0 Å². The van der Waals surface area contributed by atoms with Crippen molar-refractivity contribution in [2.45, 2.75) is 50.5 Å². The lowest BCUT2D eigenvalue weighted by Crippen LogP contribution is -2.55. The number of aromatic nitrogens is 7. The molecule has 4 aromatic rings. The molecule has 0 bridgehead atoms. The van der Waals surface area contributed by atoms with Crippen LogP contribution in [0.2, 0.25) is 0 Å². The number of halogens is 3. The average Bonchev–Trinajstić information content (AvgIpc) is 3.74. The van der Waals surface area contributed by atoms with Gasteiger partial charge in [0.2, 0.25) is 5.82 Å². The highest BCUT2D eigenvalue weighted by Crippen LogP contribution is 2.37. The molecule has 6 heterocycles. The summed E-state index contributed by atoms with van der Waals surface area (Å²) in [5, 5.41) is 5.55. The van der Waals surface area contributed by atoms with E-state index >= 15 is 0 Å². The summed E-state index contributed by atoms with van der Waals surface area (Å²) in [6.45, 7) is 4.14. The van der Waals surface area contributed by atoms with Crippen molar-refractivity contribution in [3.8, 4) is 11.3 Å². The van der Waals surface area contributed by atoms with Gasteiger partial charge in [0.1, 0.15) is 17.7 Å². The van der Waals surface area contributed by atoms with Crippen molar-refractivity contribution in [3.63, 3.8) is 0 Å². The number of rotatable bonds is 6. The van der Waals surface area contributed by atoms with Gasteiger partial charge < -0.3 is 9.88 Å². The van der Waals surface area contributed by atoms with E-state index in [2.05, 4.69) is 39.8 Å². The Morgan fingerprint density at radius 2 is 1.79 bits per heavy atom. The lowest BCUT2D eigenvalue weighted by molar-refractivity contribution is -0.145. The van der Waals surface area contributed by atoms with Crippen LogP contribution in [0.5, 0.6) is 0 Å². The lowest BCUT2D eigenvalue weighted by atomic mass is 9.85. The van der Waals surface area contributed by atoms with Crippen molar-refractivity contribution in [2.75, 3.05) is 39.3 Å². The summed E-state index contributed by atoms with van der Waals surface area (Å²) in [5.41, 5.74) is 2.63. The molecular weight excluding hydrogens is 549 g/mol. The topological polar surface area (TPSA) is 112 Å². The molecule has 4 aromatic heterocycles. The molecule has 42 heavy (non-hydrogen) atoms. The predicted octanol–water partition coefficient (Wildman–Crippen LogP) is 3.39. The van der Waals surface area contributed by atoms with E-state index < -0.39 is 17.9 Å². The molecule has 1 saturated carbocycles. The first-order valence-corrected chi connectivity index (χ1v) is 14.4. The van der Waals surface area contributed by atoms with Crippen molar-refractivity contribution < 1.29 is 18.0 Å². The number of nitrogens with zero attached hydrogens (tertiary/aromatic N) is 9. The summed E-state index contributed by atoms with van der Waals surface area (Å²) in [4.78, 5) is 38.5. The zero-order chi connectivity index (χ0) is 28.8. The van der Waals surface area contributed by atoms with Gasteiger partial charge in [-0.3, -0.25) is 19.3 Å². The van der Waals surface area contributed by atoms with Gasteiger partial charge in [0.25, 0.3) is 5.91 Å². The molecule has 2 aliphatic heterocycles. The molecule has 0 atom stereocenters. The molecule has 1 N–H and O–H groups in total. The van der Waals surface area contributed by atoms with Crippen LogP contribution < -0.4 is 0 Å². The van der Waals surface area contributed by atoms with E-state index in [0.717, 1.165) is 61.1 Å². The highest BCUT2D eigenvalue weighted by Gasteiger charge is 2.39. The van der Waals surface area contributed by atoms with Gasteiger partial charge in [-0.15, -0.1) is 0 Å². The first-order valence-electron chi connectivity index (χ1n) is 14.4. The second-order valence-electron chi connectivity index (χ2n) is 11.3. The van der Waals surface area contributed by atoms with Crippen molar-refractivity contribution in [3.05, 3.63) is 54.3 Å². The molecule has 0 aromatic carbocycles. The van der Waals surface area contributed by atoms with Crippen LogP contribution in [0, 0.1) is 0 Å². The van der Waals surface area contributed by atoms with Gasteiger partial charge >= 0.3 is 6.18 Å². The summed E-state index contributed by atoms with van der Waals surface area (Å²) in [6.07, 6.45) is 6.45. The van der Waals surface area contributed by atoms with E-state index in [-0.39, 0.29) is 24.0 Å². The highest BCUT2D eigenvalue weighted by atomic mass is 19.4.